The molecule has 1 heterocycles. The summed E-state index contributed by atoms with van der Waals surface area (Å²) in [6.45, 7) is 6.77. The number of aryl methyl sites for hydroxylation is 1. The van der Waals surface area contributed by atoms with Gasteiger partial charge in [-0.3, -0.25) is 4.79 Å². The zero-order valence-corrected chi connectivity index (χ0v) is 14.8. The van der Waals surface area contributed by atoms with Gasteiger partial charge in [-0.05, 0) is 26.0 Å². The van der Waals surface area contributed by atoms with Crippen molar-refractivity contribution in [2.75, 3.05) is 24.3 Å². The van der Waals surface area contributed by atoms with Gasteiger partial charge in [0, 0.05) is 12.5 Å². The number of amides is 1. The molecule has 1 aromatic heterocycles. The lowest BCUT2D eigenvalue weighted by Crippen LogP contribution is -2.15. The summed E-state index contributed by atoms with van der Waals surface area (Å²) in [4.78, 5) is 12.2. The molecule has 24 heavy (non-hydrogen) atoms. The molecule has 0 atom stereocenters. The highest BCUT2D eigenvalue weighted by Gasteiger charge is 2.12. The molecule has 0 fully saturated rings. The zero-order chi connectivity index (χ0) is 17.4. The van der Waals surface area contributed by atoms with E-state index in [1.54, 1.807) is 12.1 Å². The average molecular weight is 351 g/mol. The Morgan fingerprint density at radius 1 is 1.21 bits per heavy atom. The van der Waals surface area contributed by atoms with Crippen LogP contribution in [0.4, 0.5) is 5.69 Å². The van der Waals surface area contributed by atoms with Crippen molar-refractivity contribution >= 4 is 23.4 Å². The van der Waals surface area contributed by atoms with Gasteiger partial charge in [-0.15, -0.1) is 10.2 Å². The van der Waals surface area contributed by atoms with Crippen molar-refractivity contribution in [1.29, 1.82) is 0 Å². The molecular weight excluding hydrogens is 330 g/mol. The molecule has 0 aliphatic carbocycles. The van der Waals surface area contributed by atoms with Crippen molar-refractivity contribution < 1.29 is 18.7 Å². The van der Waals surface area contributed by atoms with E-state index in [9.17, 15) is 4.79 Å². The van der Waals surface area contributed by atoms with Gasteiger partial charge in [0.25, 0.3) is 5.22 Å². The molecule has 0 aliphatic heterocycles. The maximum absolute atomic E-state index is 12.2. The van der Waals surface area contributed by atoms with Crippen molar-refractivity contribution in [1.82, 2.24) is 10.2 Å². The fourth-order valence-electron chi connectivity index (χ4n) is 1.90. The number of hydrogen-bond donors (Lipinski definition) is 1. The Morgan fingerprint density at radius 3 is 2.67 bits per heavy atom. The van der Waals surface area contributed by atoms with Gasteiger partial charge in [-0.2, -0.15) is 0 Å². The van der Waals surface area contributed by atoms with E-state index < -0.39 is 0 Å². The Labute approximate surface area is 145 Å². The van der Waals surface area contributed by atoms with Gasteiger partial charge in [0.2, 0.25) is 11.8 Å². The van der Waals surface area contributed by atoms with Gasteiger partial charge < -0.3 is 19.2 Å². The smallest absolute Gasteiger partial charge is 0.277 e. The van der Waals surface area contributed by atoms with Crippen molar-refractivity contribution in [2.45, 2.75) is 32.4 Å². The molecular formula is C16H21N3O4S. The van der Waals surface area contributed by atoms with Gasteiger partial charge in [0.1, 0.15) is 11.5 Å². The molecule has 2 rings (SSSR count). The van der Waals surface area contributed by atoms with Crippen LogP contribution in [-0.4, -0.2) is 35.1 Å². The predicted molar refractivity (Wildman–Crippen MR) is 91.8 cm³/mol. The third kappa shape index (κ3) is 5.16. The number of hydrogen-bond acceptors (Lipinski definition) is 7. The summed E-state index contributed by atoms with van der Waals surface area (Å²) in [5.74, 6) is 1.81. The van der Waals surface area contributed by atoms with Crippen LogP contribution < -0.4 is 14.8 Å². The van der Waals surface area contributed by atoms with Crippen LogP contribution in [0, 0.1) is 0 Å². The minimum absolute atomic E-state index is 0.162. The number of aromatic nitrogens is 2. The van der Waals surface area contributed by atoms with Crippen LogP contribution in [-0.2, 0) is 11.2 Å². The first-order valence-corrected chi connectivity index (χ1v) is 8.79. The summed E-state index contributed by atoms with van der Waals surface area (Å²) in [5, 5.41) is 10.9. The van der Waals surface area contributed by atoms with Gasteiger partial charge in [0.05, 0.1) is 24.7 Å². The fourth-order valence-corrected chi connectivity index (χ4v) is 2.48. The van der Waals surface area contributed by atoms with Crippen molar-refractivity contribution in [3.63, 3.8) is 0 Å². The number of anilines is 1. The van der Waals surface area contributed by atoms with E-state index in [1.807, 2.05) is 26.8 Å². The monoisotopic (exact) mass is 351 g/mol. The Balaban J connectivity index is 1.99. The summed E-state index contributed by atoms with van der Waals surface area (Å²) in [5.41, 5.74) is 0.577. The highest BCUT2D eigenvalue weighted by molar-refractivity contribution is 7.99. The Morgan fingerprint density at radius 2 is 2.00 bits per heavy atom. The van der Waals surface area contributed by atoms with Gasteiger partial charge >= 0.3 is 0 Å². The van der Waals surface area contributed by atoms with Crippen LogP contribution in [0.1, 0.15) is 26.7 Å². The number of rotatable bonds is 9. The maximum atomic E-state index is 12.2. The van der Waals surface area contributed by atoms with E-state index in [1.165, 1.54) is 11.8 Å². The SMILES string of the molecule is CCOc1ccc(OCC)c(NC(=O)CSc2nnc(CC)o2)c1. The van der Waals surface area contributed by atoms with Crippen molar-refractivity contribution in [3.05, 3.63) is 24.1 Å². The van der Waals surface area contributed by atoms with Crippen LogP contribution in [0.3, 0.4) is 0 Å². The number of ether oxygens (including phenoxy) is 2. The summed E-state index contributed by atoms with van der Waals surface area (Å²) in [6.07, 6.45) is 0.668. The van der Waals surface area contributed by atoms with E-state index in [0.29, 0.717) is 47.9 Å². The summed E-state index contributed by atoms with van der Waals surface area (Å²) < 4.78 is 16.4. The lowest BCUT2D eigenvalue weighted by Gasteiger charge is -2.13. The molecule has 7 nitrogen and oxygen atoms in total. The van der Waals surface area contributed by atoms with E-state index >= 15 is 0 Å². The molecule has 0 unspecified atom stereocenters. The molecule has 0 saturated heterocycles. The molecule has 0 saturated carbocycles. The number of carbonyl (C=O) groups excluding carboxylic acids is 1. The Bertz CT molecular complexity index is 675. The molecule has 0 spiro atoms. The number of nitrogens with one attached hydrogen (secondary N) is 1. The fraction of sp³-hybridized carbons (Fsp3) is 0.438. The molecule has 1 N–H and O–H groups in total. The minimum Gasteiger partial charge on any atom is -0.494 e. The van der Waals surface area contributed by atoms with E-state index in [2.05, 4.69) is 15.5 Å². The number of thioether (sulfide) groups is 1. The molecule has 1 amide bonds. The minimum atomic E-state index is -0.189. The first kappa shape index (κ1) is 18.1. The molecule has 0 radical (unpaired) electrons. The lowest BCUT2D eigenvalue weighted by molar-refractivity contribution is -0.113. The molecule has 0 aliphatic rings. The van der Waals surface area contributed by atoms with E-state index in [0.717, 1.165) is 0 Å². The van der Waals surface area contributed by atoms with Gasteiger partial charge in [-0.1, -0.05) is 18.7 Å². The molecule has 8 heteroatoms. The average Bonchev–Trinajstić information content (AvgIpc) is 3.04. The van der Waals surface area contributed by atoms with Crippen LogP contribution in [0.15, 0.2) is 27.8 Å². The lowest BCUT2D eigenvalue weighted by atomic mass is 10.2. The van der Waals surface area contributed by atoms with Crippen LogP contribution in [0.25, 0.3) is 0 Å². The predicted octanol–water partition coefficient (Wildman–Crippen LogP) is 3.16. The standard InChI is InChI=1S/C16H21N3O4S/c1-4-15-18-19-16(23-15)24-10-14(20)17-12-9-11(21-5-2)7-8-13(12)22-6-3/h7-9H,4-6,10H2,1-3H3,(H,17,20). The summed E-state index contributed by atoms with van der Waals surface area (Å²) >= 11 is 1.19. The highest BCUT2D eigenvalue weighted by atomic mass is 32.2. The second-order valence-electron chi connectivity index (χ2n) is 4.68. The highest BCUT2D eigenvalue weighted by Crippen LogP contribution is 2.30. The molecule has 2 aromatic rings. The molecule has 130 valence electrons. The number of benzene rings is 1. The topological polar surface area (TPSA) is 86.5 Å². The normalized spacial score (nSPS) is 10.5. The van der Waals surface area contributed by atoms with Crippen LogP contribution >= 0.6 is 11.8 Å². The first-order chi connectivity index (χ1) is 11.7. The first-order valence-electron chi connectivity index (χ1n) is 7.80. The Hall–Kier alpha value is -2.22. The second kappa shape index (κ2) is 9.17. The summed E-state index contributed by atoms with van der Waals surface area (Å²) in [7, 11) is 0. The van der Waals surface area contributed by atoms with Gasteiger partial charge in [-0.25, -0.2) is 0 Å². The van der Waals surface area contributed by atoms with E-state index in [4.69, 9.17) is 13.9 Å². The van der Waals surface area contributed by atoms with Crippen molar-refractivity contribution in [3.8, 4) is 11.5 Å². The van der Waals surface area contributed by atoms with Crippen LogP contribution in [0.2, 0.25) is 0 Å². The number of carbonyl (C=O) groups is 1. The quantitative estimate of drug-likeness (QED) is 0.694. The third-order valence-electron chi connectivity index (χ3n) is 2.91. The zero-order valence-electron chi connectivity index (χ0n) is 14.0. The van der Waals surface area contributed by atoms with Crippen LogP contribution in [0.5, 0.6) is 11.5 Å². The molecule has 0 bridgehead atoms. The second-order valence-corrected chi connectivity index (χ2v) is 5.60. The molecule has 1 aromatic carbocycles. The Kier molecular flexibility index (Phi) is 6.92. The van der Waals surface area contributed by atoms with Crippen molar-refractivity contribution in [2.24, 2.45) is 0 Å². The summed E-state index contributed by atoms with van der Waals surface area (Å²) in [6, 6.07) is 5.34. The third-order valence-corrected chi connectivity index (χ3v) is 3.73. The maximum Gasteiger partial charge on any atom is 0.277 e. The van der Waals surface area contributed by atoms with Gasteiger partial charge in [0.15, 0.2) is 0 Å². The number of nitrogens with zero attached hydrogens (tertiary/aromatic N) is 2. The largest absolute Gasteiger partial charge is 0.494 e. The van der Waals surface area contributed by atoms with E-state index in [-0.39, 0.29) is 11.7 Å².